The van der Waals surface area contributed by atoms with E-state index in [1.54, 1.807) is 24.4 Å². The van der Waals surface area contributed by atoms with Crippen LogP contribution in [0.5, 0.6) is 11.5 Å². The molecule has 2 aromatic rings. The number of anilines is 1. The largest absolute Gasteiger partial charge is 0.493 e. The molecule has 0 radical (unpaired) electrons. The fourth-order valence-corrected chi connectivity index (χ4v) is 3.17. The summed E-state index contributed by atoms with van der Waals surface area (Å²) in [5.41, 5.74) is 5.59. The third-order valence-electron chi connectivity index (χ3n) is 4.75. The van der Waals surface area contributed by atoms with Crippen molar-refractivity contribution in [1.82, 2.24) is 9.88 Å². The first kappa shape index (κ1) is 18.0. The molecule has 138 valence electrons. The van der Waals surface area contributed by atoms with E-state index < -0.39 is 11.6 Å². The van der Waals surface area contributed by atoms with Gasteiger partial charge in [-0.2, -0.15) is 0 Å². The van der Waals surface area contributed by atoms with E-state index in [2.05, 4.69) is 9.88 Å². The van der Waals surface area contributed by atoms with Gasteiger partial charge in [0, 0.05) is 44.2 Å². The average Bonchev–Trinajstić information content (AvgIpc) is 2.65. The van der Waals surface area contributed by atoms with Gasteiger partial charge in [-0.05, 0) is 18.2 Å². The number of pyridine rings is 1. The summed E-state index contributed by atoms with van der Waals surface area (Å²) in [5, 5.41) is 9.82. The second kappa shape index (κ2) is 7.61. The van der Waals surface area contributed by atoms with Crippen LogP contribution in [0, 0.1) is 0 Å². The number of hydrogen-bond acceptors (Lipinski definition) is 6. The summed E-state index contributed by atoms with van der Waals surface area (Å²) < 4.78 is 11.2. The number of aromatic nitrogens is 1. The normalized spacial score (nSPS) is 16.8. The van der Waals surface area contributed by atoms with Crippen molar-refractivity contribution in [2.45, 2.75) is 25.0 Å². The number of nitrogens with two attached hydrogens (primary N) is 1. The summed E-state index contributed by atoms with van der Waals surface area (Å²) in [6.45, 7) is 1.83. The first-order valence-electron chi connectivity index (χ1n) is 8.51. The zero-order valence-electron chi connectivity index (χ0n) is 14.7. The summed E-state index contributed by atoms with van der Waals surface area (Å²) in [6.07, 6.45) is 2.41. The van der Waals surface area contributed by atoms with Crippen molar-refractivity contribution in [2.24, 2.45) is 0 Å². The van der Waals surface area contributed by atoms with Crippen LogP contribution in [0.15, 0.2) is 42.6 Å². The average molecular weight is 357 g/mol. The molecule has 0 bridgehead atoms. The van der Waals surface area contributed by atoms with Crippen molar-refractivity contribution in [1.29, 1.82) is 0 Å². The predicted molar refractivity (Wildman–Crippen MR) is 97.1 cm³/mol. The maximum atomic E-state index is 12.0. The maximum absolute atomic E-state index is 12.0. The fourth-order valence-electron chi connectivity index (χ4n) is 3.17. The molecule has 1 aromatic heterocycles. The lowest BCUT2D eigenvalue weighted by molar-refractivity contribution is -0.160. The van der Waals surface area contributed by atoms with Gasteiger partial charge in [0.1, 0.15) is 5.82 Å². The molecule has 1 saturated heterocycles. The quantitative estimate of drug-likeness (QED) is 0.817. The Bertz CT molecular complexity index is 773. The summed E-state index contributed by atoms with van der Waals surface area (Å²) in [7, 11) is 1.54. The number of nitrogens with zero attached hydrogens (tertiary/aromatic N) is 2. The minimum atomic E-state index is -1.26. The number of benzene rings is 1. The highest BCUT2D eigenvalue weighted by atomic mass is 16.5. The first-order chi connectivity index (χ1) is 12.5. The van der Waals surface area contributed by atoms with Gasteiger partial charge in [0.25, 0.3) is 0 Å². The van der Waals surface area contributed by atoms with Crippen molar-refractivity contribution in [3.63, 3.8) is 0 Å². The van der Waals surface area contributed by atoms with Gasteiger partial charge in [-0.1, -0.05) is 18.2 Å². The van der Waals surface area contributed by atoms with E-state index in [4.69, 9.17) is 15.2 Å². The van der Waals surface area contributed by atoms with Gasteiger partial charge in [0.2, 0.25) is 5.60 Å². The van der Waals surface area contributed by atoms with Crippen LogP contribution in [0.1, 0.15) is 18.4 Å². The zero-order valence-corrected chi connectivity index (χ0v) is 14.7. The lowest BCUT2D eigenvalue weighted by Gasteiger charge is -2.39. The molecule has 1 aromatic carbocycles. The van der Waals surface area contributed by atoms with Crippen molar-refractivity contribution in [3.05, 3.63) is 48.2 Å². The minimum Gasteiger partial charge on any atom is -0.493 e. The lowest BCUT2D eigenvalue weighted by atomic mass is 9.90. The van der Waals surface area contributed by atoms with E-state index in [0.717, 1.165) is 5.56 Å². The molecular formula is C19H23N3O4. The molecule has 2 heterocycles. The second-order valence-corrected chi connectivity index (χ2v) is 6.38. The molecule has 7 nitrogen and oxygen atoms in total. The van der Waals surface area contributed by atoms with Crippen LogP contribution in [0.2, 0.25) is 0 Å². The predicted octanol–water partition coefficient (Wildman–Crippen LogP) is 2.17. The monoisotopic (exact) mass is 357 g/mol. The van der Waals surface area contributed by atoms with Crippen LogP contribution >= 0.6 is 0 Å². The standard InChI is InChI=1S/C19H23N3O4/c1-25-15-6-2-3-7-16(15)26-19(18(23)24)8-11-22(12-9-19)13-14-5-4-10-21-17(14)20/h2-7,10H,8-9,11-13H2,1H3,(H2,20,21)(H,23,24). The summed E-state index contributed by atoms with van der Waals surface area (Å²) in [4.78, 5) is 18.2. The second-order valence-electron chi connectivity index (χ2n) is 6.38. The lowest BCUT2D eigenvalue weighted by Crippen LogP contribution is -2.53. The van der Waals surface area contributed by atoms with Gasteiger partial charge in [0.15, 0.2) is 11.5 Å². The van der Waals surface area contributed by atoms with E-state index in [9.17, 15) is 9.90 Å². The molecule has 1 fully saturated rings. The van der Waals surface area contributed by atoms with Gasteiger partial charge >= 0.3 is 5.97 Å². The van der Waals surface area contributed by atoms with Gasteiger partial charge < -0.3 is 20.3 Å². The Kier molecular flexibility index (Phi) is 5.27. The Morgan fingerprint density at radius 3 is 2.54 bits per heavy atom. The Labute approximate surface area is 152 Å². The Balaban J connectivity index is 1.71. The summed E-state index contributed by atoms with van der Waals surface area (Å²) in [6, 6.07) is 10.9. The van der Waals surface area contributed by atoms with Crippen LogP contribution in [-0.4, -0.2) is 46.8 Å². The van der Waals surface area contributed by atoms with Gasteiger partial charge in [0.05, 0.1) is 7.11 Å². The number of carboxylic acid groups (broad SMARTS) is 1. The minimum absolute atomic E-state index is 0.376. The van der Waals surface area contributed by atoms with Crippen molar-refractivity contribution in [3.8, 4) is 11.5 Å². The highest BCUT2D eigenvalue weighted by molar-refractivity contribution is 5.78. The molecule has 3 rings (SSSR count). The van der Waals surface area contributed by atoms with E-state index >= 15 is 0 Å². The molecule has 3 N–H and O–H groups in total. The summed E-state index contributed by atoms with van der Waals surface area (Å²) in [5.74, 6) is 0.526. The Hall–Kier alpha value is -2.80. The van der Waals surface area contributed by atoms with E-state index in [1.165, 1.54) is 7.11 Å². The number of likely N-dealkylation sites (tertiary alicyclic amines) is 1. The molecule has 26 heavy (non-hydrogen) atoms. The Morgan fingerprint density at radius 1 is 1.23 bits per heavy atom. The van der Waals surface area contributed by atoms with Gasteiger partial charge in [-0.15, -0.1) is 0 Å². The van der Waals surface area contributed by atoms with E-state index in [0.29, 0.717) is 49.8 Å². The number of carboxylic acids is 1. The van der Waals surface area contributed by atoms with Crippen LogP contribution in [-0.2, 0) is 11.3 Å². The van der Waals surface area contributed by atoms with Crippen LogP contribution in [0.4, 0.5) is 5.82 Å². The topological polar surface area (TPSA) is 97.9 Å². The SMILES string of the molecule is COc1ccccc1OC1(C(=O)O)CCN(Cc2cccnc2N)CC1. The number of ether oxygens (including phenoxy) is 2. The van der Waals surface area contributed by atoms with Gasteiger partial charge in [-0.25, -0.2) is 9.78 Å². The third kappa shape index (κ3) is 3.72. The molecule has 0 saturated carbocycles. The van der Waals surface area contributed by atoms with E-state index in [-0.39, 0.29) is 0 Å². The molecule has 0 aliphatic carbocycles. The zero-order chi connectivity index (χ0) is 18.6. The number of aliphatic carboxylic acids is 1. The van der Waals surface area contributed by atoms with Crippen molar-refractivity contribution >= 4 is 11.8 Å². The van der Waals surface area contributed by atoms with Crippen LogP contribution in [0.3, 0.4) is 0 Å². The molecule has 0 spiro atoms. The number of para-hydroxylation sites is 2. The fraction of sp³-hybridized carbons (Fsp3) is 0.368. The molecule has 0 amide bonds. The molecule has 0 unspecified atom stereocenters. The number of nitrogen functional groups attached to an aromatic ring is 1. The molecular weight excluding hydrogens is 334 g/mol. The van der Waals surface area contributed by atoms with Crippen molar-refractivity contribution in [2.75, 3.05) is 25.9 Å². The number of piperidine rings is 1. The maximum Gasteiger partial charge on any atom is 0.348 e. The van der Waals surface area contributed by atoms with Crippen LogP contribution < -0.4 is 15.2 Å². The molecule has 0 atom stereocenters. The number of carbonyl (C=O) groups is 1. The number of rotatable bonds is 6. The van der Waals surface area contributed by atoms with Crippen molar-refractivity contribution < 1.29 is 19.4 Å². The van der Waals surface area contributed by atoms with Crippen LogP contribution in [0.25, 0.3) is 0 Å². The highest BCUT2D eigenvalue weighted by Gasteiger charge is 2.44. The third-order valence-corrected chi connectivity index (χ3v) is 4.75. The molecule has 1 aliphatic heterocycles. The van der Waals surface area contributed by atoms with Gasteiger partial charge in [-0.3, -0.25) is 4.90 Å². The summed E-state index contributed by atoms with van der Waals surface area (Å²) >= 11 is 0. The molecule has 7 heteroatoms. The highest BCUT2D eigenvalue weighted by Crippen LogP contribution is 2.35. The van der Waals surface area contributed by atoms with E-state index in [1.807, 2.05) is 18.2 Å². The smallest absolute Gasteiger partial charge is 0.348 e. The molecule has 1 aliphatic rings. The Morgan fingerprint density at radius 2 is 1.92 bits per heavy atom. The number of hydrogen-bond donors (Lipinski definition) is 2. The first-order valence-corrected chi connectivity index (χ1v) is 8.51. The number of methoxy groups -OCH3 is 1.